The van der Waals surface area contributed by atoms with Gasteiger partial charge in [0, 0.05) is 31.2 Å². The van der Waals surface area contributed by atoms with E-state index >= 15 is 0 Å². The number of nitriles is 1. The van der Waals surface area contributed by atoms with Crippen LogP contribution in [0.1, 0.15) is 24.0 Å². The normalized spacial score (nSPS) is 16.6. The summed E-state index contributed by atoms with van der Waals surface area (Å²) in [4.78, 5) is 2.08. The van der Waals surface area contributed by atoms with Crippen LogP contribution in [0.2, 0.25) is 0 Å². The van der Waals surface area contributed by atoms with Crippen LogP contribution in [0.3, 0.4) is 0 Å². The highest BCUT2D eigenvalue weighted by molar-refractivity contribution is 7.91. The topological polar surface area (TPSA) is 73.2 Å². The molecule has 1 aliphatic rings. The number of sulfonamides is 1. The SMILES string of the molecule is N#Cc1ccc(F)c(CN2CCC(NS(=O)(=O)c3cccs3)CC2)c1. The molecule has 0 spiro atoms. The molecule has 0 radical (unpaired) electrons. The van der Waals surface area contributed by atoms with Gasteiger partial charge in [-0.3, -0.25) is 4.90 Å². The number of benzene rings is 1. The quantitative estimate of drug-likeness (QED) is 0.867. The molecule has 1 saturated heterocycles. The van der Waals surface area contributed by atoms with Crippen LogP contribution in [-0.2, 0) is 16.6 Å². The van der Waals surface area contributed by atoms with E-state index in [1.807, 2.05) is 6.07 Å². The minimum absolute atomic E-state index is 0.112. The Hall–Kier alpha value is -1.79. The lowest BCUT2D eigenvalue weighted by Gasteiger charge is -2.32. The lowest BCUT2D eigenvalue weighted by molar-refractivity contribution is 0.198. The third kappa shape index (κ3) is 4.44. The highest BCUT2D eigenvalue weighted by Crippen LogP contribution is 2.20. The van der Waals surface area contributed by atoms with Crippen molar-refractivity contribution < 1.29 is 12.8 Å². The molecule has 5 nitrogen and oxygen atoms in total. The Morgan fingerprint density at radius 3 is 2.72 bits per heavy atom. The van der Waals surface area contributed by atoms with Crippen molar-refractivity contribution in [3.63, 3.8) is 0 Å². The van der Waals surface area contributed by atoms with Gasteiger partial charge in [-0.05, 0) is 42.5 Å². The maximum Gasteiger partial charge on any atom is 0.250 e. The molecule has 0 atom stereocenters. The van der Waals surface area contributed by atoms with Gasteiger partial charge in [0.1, 0.15) is 10.0 Å². The molecule has 0 aliphatic carbocycles. The van der Waals surface area contributed by atoms with Crippen LogP contribution in [0.15, 0.2) is 39.9 Å². The van der Waals surface area contributed by atoms with Gasteiger partial charge in [0.2, 0.25) is 10.0 Å². The van der Waals surface area contributed by atoms with Crippen LogP contribution in [0.25, 0.3) is 0 Å². The standard InChI is InChI=1S/C17H18FN3O2S2/c18-16-4-3-13(11-19)10-14(16)12-21-7-5-15(6-8-21)20-25(22,23)17-2-1-9-24-17/h1-4,9-10,15,20H,5-8,12H2. The van der Waals surface area contributed by atoms with Crippen LogP contribution in [0.5, 0.6) is 0 Å². The molecule has 2 aromatic rings. The van der Waals surface area contributed by atoms with E-state index in [0.717, 1.165) is 0 Å². The Kier molecular flexibility index (Phi) is 5.49. The van der Waals surface area contributed by atoms with Gasteiger partial charge in [0.25, 0.3) is 0 Å². The molecule has 0 unspecified atom stereocenters. The summed E-state index contributed by atoms with van der Waals surface area (Å²) in [5.41, 5.74) is 0.937. The molecule has 132 valence electrons. The third-order valence-electron chi connectivity index (χ3n) is 4.24. The van der Waals surface area contributed by atoms with Gasteiger partial charge >= 0.3 is 0 Å². The molecular formula is C17H18FN3O2S2. The fourth-order valence-corrected chi connectivity index (χ4v) is 5.22. The number of likely N-dealkylation sites (tertiary alicyclic amines) is 1. The van der Waals surface area contributed by atoms with Crippen LogP contribution < -0.4 is 4.72 Å². The minimum Gasteiger partial charge on any atom is -0.299 e. The number of nitrogens with one attached hydrogen (secondary N) is 1. The summed E-state index contributed by atoms with van der Waals surface area (Å²) in [7, 11) is -3.45. The van der Waals surface area contributed by atoms with Crippen LogP contribution in [0, 0.1) is 17.1 Å². The zero-order chi connectivity index (χ0) is 17.9. The van der Waals surface area contributed by atoms with Crippen molar-refractivity contribution in [2.24, 2.45) is 0 Å². The lowest BCUT2D eigenvalue weighted by Crippen LogP contribution is -2.44. The number of halogens is 1. The average Bonchev–Trinajstić information content (AvgIpc) is 3.14. The first-order chi connectivity index (χ1) is 12.0. The fraction of sp³-hybridized carbons (Fsp3) is 0.353. The number of hydrogen-bond acceptors (Lipinski definition) is 5. The van der Waals surface area contributed by atoms with Gasteiger partial charge in [0.15, 0.2) is 0 Å². The maximum absolute atomic E-state index is 13.9. The van der Waals surface area contributed by atoms with Crippen molar-refractivity contribution in [1.29, 1.82) is 5.26 Å². The molecule has 1 fully saturated rings. The largest absolute Gasteiger partial charge is 0.299 e. The third-order valence-corrected chi connectivity index (χ3v) is 7.16. The smallest absolute Gasteiger partial charge is 0.250 e. The summed E-state index contributed by atoms with van der Waals surface area (Å²) >= 11 is 1.20. The summed E-state index contributed by atoms with van der Waals surface area (Å²) < 4.78 is 41.5. The van der Waals surface area contributed by atoms with E-state index in [0.29, 0.717) is 47.8 Å². The second-order valence-corrected chi connectivity index (χ2v) is 8.91. The van der Waals surface area contributed by atoms with Gasteiger partial charge in [-0.25, -0.2) is 17.5 Å². The zero-order valence-electron chi connectivity index (χ0n) is 13.5. The van der Waals surface area contributed by atoms with E-state index in [4.69, 9.17) is 5.26 Å². The maximum atomic E-state index is 13.9. The summed E-state index contributed by atoms with van der Waals surface area (Å²) in [5, 5.41) is 10.7. The molecule has 1 N–H and O–H groups in total. The van der Waals surface area contributed by atoms with E-state index < -0.39 is 10.0 Å². The average molecular weight is 379 g/mol. The van der Waals surface area contributed by atoms with Crippen molar-refractivity contribution >= 4 is 21.4 Å². The molecule has 1 aromatic carbocycles. The zero-order valence-corrected chi connectivity index (χ0v) is 15.1. The second-order valence-electron chi connectivity index (χ2n) is 6.02. The molecule has 0 bridgehead atoms. The lowest BCUT2D eigenvalue weighted by atomic mass is 10.0. The predicted octanol–water partition coefficient (Wildman–Crippen LogP) is 2.70. The Morgan fingerprint density at radius 2 is 2.08 bits per heavy atom. The van der Waals surface area contributed by atoms with Gasteiger partial charge in [0.05, 0.1) is 11.6 Å². The first-order valence-corrected chi connectivity index (χ1v) is 10.3. The van der Waals surface area contributed by atoms with E-state index in [1.54, 1.807) is 23.6 Å². The highest BCUT2D eigenvalue weighted by Gasteiger charge is 2.25. The molecule has 0 saturated carbocycles. The Balaban J connectivity index is 1.57. The van der Waals surface area contributed by atoms with Gasteiger partial charge < -0.3 is 0 Å². The van der Waals surface area contributed by atoms with Gasteiger partial charge in [-0.15, -0.1) is 11.3 Å². The monoisotopic (exact) mass is 379 g/mol. The highest BCUT2D eigenvalue weighted by atomic mass is 32.2. The number of thiophene rings is 1. The summed E-state index contributed by atoms with van der Waals surface area (Å²) in [6.45, 7) is 1.77. The van der Waals surface area contributed by atoms with Crippen molar-refractivity contribution in [3.8, 4) is 6.07 Å². The summed E-state index contributed by atoms with van der Waals surface area (Å²) in [6, 6.07) is 9.56. The van der Waals surface area contributed by atoms with Crippen LogP contribution >= 0.6 is 11.3 Å². The molecule has 8 heteroatoms. The number of piperidine rings is 1. The molecule has 1 aliphatic heterocycles. The van der Waals surface area contributed by atoms with Crippen molar-refractivity contribution in [2.75, 3.05) is 13.1 Å². The summed E-state index contributed by atoms with van der Waals surface area (Å²) in [5.74, 6) is -0.320. The van der Waals surface area contributed by atoms with Crippen LogP contribution in [-0.4, -0.2) is 32.4 Å². The Morgan fingerprint density at radius 1 is 1.32 bits per heavy atom. The number of nitrogens with zero attached hydrogens (tertiary/aromatic N) is 2. The molecule has 2 heterocycles. The predicted molar refractivity (Wildman–Crippen MR) is 94.1 cm³/mol. The van der Waals surface area contributed by atoms with Crippen molar-refractivity contribution in [2.45, 2.75) is 29.6 Å². The van der Waals surface area contributed by atoms with E-state index in [9.17, 15) is 12.8 Å². The fourth-order valence-electron chi connectivity index (χ4n) is 2.91. The van der Waals surface area contributed by atoms with Crippen molar-refractivity contribution in [3.05, 3.63) is 52.7 Å². The number of rotatable bonds is 5. The minimum atomic E-state index is -3.45. The molecular weight excluding hydrogens is 361 g/mol. The molecule has 1 aromatic heterocycles. The van der Waals surface area contributed by atoms with E-state index in [1.165, 1.54) is 23.5 Å². The van der Waals surface area contributed by atoms with E-state index in [2.05, 4.69) is 9.62 Å². The van der Waals surface area contributed by atoms with Gasteiger partial charge in [-0.2, -0.15) is 5.26 Å². The molecule has 25 heavy (non-hydrogen) atoms. The van der Waals surface area contributed by atoms with E-state index in [-0.39, 0.29) is 11.9 Å². The second kappa shape index (κ2) is 7.62. The first-order valence-electron chi connectivity index (χ1n) is 7.94. The Bertz CT molecular complexity index is 868. The number of hydrogen-bond donors (Lipinski definition) is 1. The molecule has 0 amide bonds. The Labute approximate surface area is 150 Å². The first kappa shape index (κ1) is 18.0. The van der Waals surface area contributed by atoms with Gasteiger partial charge in [-0.1, -0.05) is 6.07 Å². The van der Waals surface area contributed by atoms with Crippen LogP contribution in [0.4, 0.5) is 4.39 Å². The molecule has 3 rings (SSSR count). The van der Waals surface area contributed by atoms with Crippen molar-refractivity contribution in [1.82, 2.24) is 9.62 Å². The summed E-state index contributed by atoms with van der Waals surface area (Å²) in [6.07, 6.45) is 1.34.